The number of hydrogen-bond donors (Lipinski definition) is 4. The van der Waals surface area contributed by atoms with Crippen LogP contribution >= 0.6 is 12.8 Å². The molecule has 3 N–H and O–H groups in total. The van der Waals surface area contributed by atoms with Gasteiger partial charge >= 0.3 is 6.18 Å². The van der Waals surface area contributed by atoms with Crippen molar-refractivity contribution in [3.05, 3.63) is 59.4 Å². The van der Waals surface area contributed by atoms with Gasteiger partial charge in [-0.25, -0.2) is 0 Å². The Morgan fingerprint density at radius 1 is 1.11 bits per heavy atom. The molecule has 2 aliphatic rings. The fourth-order valence-corrected chi connectivity index (χ4v) is 5.61. The second kappa shape index (κ2) is 15.0. The Hall–Kier alpha value is -2.75. The van der Waals surface area contributed by atoms with Gasteiger partial charge in [0.05, 0.1) is 13.2 Å². The van der Waals surface area contributed by atoms with Crippen molar-refractivity contribution in [2.24, 2.45) is 5.92 Å². The maximum absolute atomic E-state index is 14.3. The number of anilines is 1. The Labute approximate surface area is 261 Å². The number of nitrogens with one attached hydrogen (secondary N) is 3. The largest absolute Gasteiger partial charge is 0.417 e. The normalized spacial score (nSPS) is 24.4. The van der Waals surface area contributed by atoms with Crippen LogP contribution in [0.2, 0.25) is 0 Å². The molecule has 2 aromatic rings. The van der Waals surface area contributed by atoms with Crippen molar-refractivity contribution in [1.82, 2.24) is 24.8 Å². The average molecular weight is 639 g/mol. The number of pyridine rings is 1. The lowest BCUT2D eigenvalue weighted by atomic mass is 9.77. The van der Waals surface area contributed by atoms with Crippen molar-refractivity contribution in [1.29, 1.82) is 0 Å². The molecule has 1 aromatic heterocycles. The van der Waals surface area contributed by atoms with Crippen LogP contribution in [0.25, 0.3) is 0 Å². The van der Waals surface area contributed by atoms with E-state index < -0.39 is 35.6 Å². The van der Waals surface area contributed by atoms with Crippen LogP contribution < -0.4 is 15.4 Å². The van der Waals surface area contributed by atoms with Crippen molar-refractivity contribution < 1.29 is 32.2 Å². The van der Waals surface area contributed by atoms with Gasteiger partial charge in [0.2, 0.25) is 0 Å². The Morgan fingerprint density at radius 2 is 1.80 bits per heavy atom. The number of likely N-dealkylation sites (N-methyl/N-ethyl adjacent to an activating group) is 1. The number of rotatable bonds is 12. The molecule has 0 bridgehead atoms. The van der Waals surface area contributed by atoms with Crippen LogP contribution in [0.4, 0.5) is 18.9 Å². The minimum absolute atomic E-state index is 0.148. The fourth-order valence-electron chi connectivity index (χ4n) is 5.52. The number of carbonyl (C=O) groups is 2. The summed E-state index contributed by atoms with van der Waals surface area (Å²) in [6.45, 7) is 7.92. The lowest BCUT2D eigenvalue weighted by Crippen LogP contribution is -2.47. The van der Waals surface area contributed by atoms with E-state index in [1.165, 1.54) is 25.3 Å². The molecule has 10 nitrogen and oxygen atoms in total. The van der Waals surface area contributed by atoms with Gasteiger partial charge in [0.25, 0.3) is 11.8 Å². The third-order valence-corrected chi connectivity index (χ3v) is 8.66. The molecular formula is C30H41F3N6O4S. The first-order valence-corrected chi connectivity index (χ1v) is 15.1. The van der Waals surface area contributed by atoms with Gasteiger partial charge in [-0.1, -0.05) is 44.0 Å². The van der Waals surface area contributed by atoms with Crippen molar-refractivity contribution in [3.8, 4) is 0 Å². The van der Waals surface area contributed by atoms with Crippen LogP contribution in [0.1, 0.15) is 41.4 Å². The number of amides is 2. The zero-order chi connectivity index (χ0) is 31.9. The molecule has 44 heavy (non-hydrogen) atoms. The summed E-state index contributed by atoms with van der Waals surface area (Å²) >= 11 is 3.90. The molecule has 0 spiro atoms. The molecule has 4 rings (SSSR count). The van der Waals surface area contributed by atoms with Crippen LogP contribution in [-0.4, -0.2) is 104 Å². The topological polar surface area (TPSA) is 108 Å². The zero-order valence-corrected chi connectivity index (χ0v) is 26.1. The Morgan fingerprint density at radius 3 is 2.45 bits per heavy atom. The van der Waals surface area contributed by atoms with E-state index in [4.69, 9.17) is 9.47 Å². The predicted octanol–water partition coefficient (Wildman–Crippen LogP) is 3.09. The molecule has 2 amide bonds. The maximum Gasteiger partial charge on any atom is 0.417 e. The molecule has 0 saturated carbocycles. The van der Waals surface area contributed by atoms with Crippen molar-refractivity contribution in [2.45, 2.75) is 44.2 Å². The van der Waals surface area contributed by atoms with E-state index in [2.05, 4.69) is 38.1 Å². The zero-order valence-electron chi connectivity index (χ0n) is 25.2. The third-order valence-electron chi connectivity index (χ3n) is 8.44. The Kier molecular flexibility index (Phi) is 11.7. The molecule has 242 valence electrons. The number of piperazine rings is 1. The van der Waals surface area contributed by atoms with Gasteiger partial charge in [0.15, 0.2) is 5.60 Å². The van der Waals surface area contributed by atoms with E-state index in [9.17, 15) is 22.8 Å². The summed E-state index contributed by atoms with van der Waals surface area (Å²) in [6, 6.07) is 10.1. The van der Waals surface area contributed by atoms with E-state index >= 15 is 0 Å². The number of alkyl halides is 3. The summed E-state index contributed by atoms with van der Waals surface area (Å²) in [5.74, 6) is -2.92. The van der Waals surface area contributed by atoms with E-state index in [0.717, 1.165) is 25.6 Å². The monoisotopic (exact) mass is 638 g/mol. The first-order chi connectivity index (χ1) is 20.9. The van der Waals surface area contributed by atoms with Crippen LogP contribution in [0.15, 0.2) is 42.6 Å². The highest BCUT2D eigenvalue weighted by molar-refractivity contribution is 7.78. The lowest BCUT2D eigenvalue weighted by Gasteiger charge is -2.32. The van der Waals surface area contributed by atoms with Gasteiger partial charge in [-0.15, -0.1) is 0 Å². The number of carbonyl (C=O) groups excluding carboxylic acids is 2. The van der Waals surface area contributed by atoms with Crippen LogP contribution in [-0.2, 0) is 20.8 Å². The number of aromatic nitrogens is 1. The minimum Gasteiger partial charge on any atom is -0.379 e. The molecule has 2 fully saturated rings. The van der Waals surface area contributed by atoms with Gasteiger partial charge < -0.3 is 29.9 Å². The molecular weight excluding hydrogens is 597 g/mol. The Balaban J connectivity index is 1.47. The molecule has 0 aliphatic carbocycles. The summed E-state index contributed by atoms with van der Waals surface area (Å²) in [7, 11) is 1.98. The summed E-state index contributed by atoms with van der Waals surface area (Å²) < 4.78 is 56.6. The first-order valence-electron chi connectivity index (χ1n) is 14.7. The number of hydrogen-bond acceptors (Lipinski definition) is 9. The highest BCUT2D eigenvalue weighted by Crippen LogP contribution is 2.53. The molecule has 0 unspecified atom stereocenters. The molecule has 4 atom stereocenters. The standard InChI is InChI=1S/C30H41F3N6O4S/c1-20-25(22-6-4-21(5-7-22)19-34-10-16-42-17-11-36-44)26(43-29(20,2)30(31,32)33)27(40)37-23-8-9-35-24(18-23)28(41)39-14-12-38(3)13-15-39/h4-9,18,20,25-26,34,36,44H,10-17,19H2,1-3H3,(H,35,37,40)/t20-,25-,26+,29+/m0/s1. The van der Waals surface area contributed by atoms with Crippen LogP contribution in [0, 0.1) is 5.92 Å². The molecule has 2 aliphatic heterocycles. The summed E-state index contributed by atoms with van der Waals surface area (Å²) in [4.78, 5) is 34.5. The smallest absolute Gasteiger partial charge is 0.379 e. The highest BCUT2D eigenvalue weighted by atomic mass is 32.1. The van der Waals surface area contributed by atoms with E-state index in [0.29, 0.717) is 51.5 Å². The van der Waals surface area contributed by atoms with Gasteiger partial charge in [0, 0.05) is 69.5 Å². The van der Waals surface area contributed by atoms with Crippen molar-refractivity contribution >= 4 is 30.3 Å². The highest BCUT2D eigenvalue weighted by Gasteiger charge is 2.65. The third kappa shape index (κ3) is 8.09. The maximum atomic E-state index is 14.3. The molecule has 0 radical (unpaired) electrons. The summed E-state index contributed by atoms with van der Waals surface area (Å²) in [5, 5.41) is 5.94. The van der Waals surface area contributed by atoms with Crippen molar-refractivity contribution in [3.63, 3.8) is 0 Å². The molecule has 2 saturated heterocycles. The van der Waals surface area contributed by atoms with Gasteiger partial charge in [-0.3, -0.25) is 19.3 Å². The number of ether oxygens (including phenoxy) is 2. The van der Waals surface area contributed by atoms with Gasteiger partial charge in [0.1, 0.15) is 11.8 Å². The second-order valence-electron chi connectivity index (χ2n) is 11.4. The Bertz CT molecular complexity index is 1260. The quantitative estimate of drug-likeness (QED) is 0.208. The molecule has 14 heteroatoms. The van der Waals surface area contributed by atoms with Crippen LogP contribution in [0.3, 0.4) is 0 Å². The van der Waals surface area contributed by atoms with Crippen LogP contribution in [0.5, 0.6) is 0 Å². The number of benzene rings is 1. The SMILES string of the molecule is C[C@H]1[C@@H](c2ccc(CNCCOCCNS)cc2)[C@H](C(=O)Nc2ccnc(C(=O)N3CCN(C)CC3)c2)O[C@@]1(C)C(F)(F)F. The van der Waals surface area contributed by atoms with Gasteiger partial charge in [-0.05, 0) is 37.2 Å². The summed E-state index contributed by atoms with van der Waals surface area (Å²) in [5.41, 5.74) is -0.632. The molecule has 3 heterocycles. The number of thiol groups is 1. The number of nitrogens with zero attached hydrogens (tertiary/aromatic N) is 3. The average Bonchev–Trinajstić information content (AvgIpc) is 3.28. The fraction of sp³-hybridized carbons (Fsp3) is 0.567. The molecule has 1 aromatic carbocycles. The second-order valence-corrected chi connectivity index (χ2v) is 11.7. The predicted molar refractivity (Wildman–Crippen MR) is 163 cm³/mol. The van der Waals surface area contributed by atoms with Crippen molar-refractivity contribution in [2.75, 3.05) is 64.8 Å². The number of halogens is 3. The minimum atomic E-state index is -4.70. The first kappa shape index (κ1) is 34.1. The van der Waals surface area contributed by atoms with E-state index in [1.54, 1.807) is 17.0 Å². The van der Waals surface area contributed by atoms with Gasteiger partial charge in [-0.2, -0.15) is 13.2 Å². The summed E-state index contributed by atoms with van der Waals surface area (Å²) in [6.07, 6.45) is -4.73. The van der Waals surface area contributed by atoms with E-state index in [1.807, 2.05) is 19.2 Å². The lowest BCUT2D eigenvalue weighted by molar-refractivity contribution is -0.272. The van der Waals surface area contributed by atoms with E-state index in [-0.39, 0.29) is 17.3 Å².